The molecule has 0 amide bonds. The Bertz CT molecular complexity index is 518. The number of nitrogens with zero attached hydrogens (tertiary/aromatic N) is 4. The quantitative estimate of drug-likeness (QED) is 0.738. The Morgan fingerprint density at radius 3 is 2.42 bits per heavy atom. The zero-order chi connectivity index (χ0) is 14.5. The van der Waals surface area contributed by atoms with Crippen LogP contribution >= 0.6 is 0 Å². The van der Waals surface area contributed by atoms with Gasteiger partial charge in [0, 0.05) is 19.6 Å². The monoisotopic (exact) mass is 287 g/mol. The van der Waals surface area contributed by atoms with Crippen LogP contribution in [0.25, 0.3) is 0 Å². The maximum absolute atomic E-state index is 11.4. The molecule has 0 aliphatic carbocycles. The van der Waals surface area contributed by atoms with Gasteiger partial charge in [-0.25, -0.2) is 17.7 Å². The molecule has 0 aliphatic heterocycles. The third-order valence-electron chi connectivity index (χ3n) is 2.78. The first-order chi connectivity index (χ1) is 8.84. The van der Waals surface area contributed by atoms with Crippen molar-refractivity contribution in [2.24, 2.45) is 0 Å². The third-order valence-corrected chi connectivity index (χ3v) is 4.16. The summed E-state index contributed by atoms with van der Waals surface area (Å²) in [7, 11) is -3.11. The molecule has 0 aliphatic rings. The molecule has 0 unspecified atom stereocenters. The number of hydrogen-bond acceptors (Lipinski definition) is 6. The summed E-state index contributed by atoms with van der Waals surface area (Å²) in [6.07, 6.45) is 1.91. The molecule has 0 bridgehead atoms. The van der Waals surface area contributed by atoms with Crippen LogP contribution < -0.4 is 5.32 Å². The first-order valence-electron chi connectivity index (χ1n) is 6.21. The molecule has 0 radical (unpaired) electrons. The van der Waals surface area contributed by atoms with Crippen molar-refractivity contribution in [1.29, 1.82) is 0 Å². The molecular formula is C11H21N5O2S. The molecule has 7 nitrogen and oxygen atoms in total. The van der Waals surface area contributed by atoms with Crippen LogP contribution in [0.5, 0.6) is 0 Å². The number of anilines is 1. The van der Waals surface area contributed by atoms with Gasteiger partial charge in [0.2, 0.25) is 16.0 Å². The fourth-order valence-electron chi connectivity index (χ4n) is 1.55. The van der Waals surface area contributed by atoms with E-state index in [1.165, 1.54) is 10.6 Å². The SMILES string of the molecule is CCN(CCCNc1nnc(C)c(C)n1)S(C)(=O)=O. The summed E-state index contributed by atoms with van der Waals surface area (Å²) in [5.41, 5.74) is 1.64. The third kappa shape index (κ3) is 5.07. The van der Waals surface area contributed by atoms with Gasteiger partial charge in [-0.2, -0.15) is 5.10 Å². The highest BCUT2D eigenvalue weighted by Gasteiger charge is 2.13. The molecule has 19 heavy (non-hydrogen) atoms. The van der Waals surface area contributed by atoms with E-state index >= 15 is 0 Å². The lowest BCUT2D eigenvalue weighted by Gasteiger charge is -2.17. The van der Waals surface area contributed by atoms with Gasteiger partial charge in [-0.1, -0.05) is 6.92 Å². The van der Waals surface area contributed by atoms with Crippen molar-refractivity contribution in [3.63, 3.8) is 0 Å². The van der Waals surface area contributed by atoms with Crippen LogP contribution in [0.3, 0.4) is 0 Å². The van der Waals surface area contributed by atoms with Crippen LogP contribution in [0, 0.1) is 13.8 Å². The molecule has 1 N–H and O–H groups in total. The van der Waals surface area contributed by atoms with Crippen LogP contribution in [0.15, 0.2) is 0 Å². The highest BCUT2D eigenvalue weighted by molar-refractivity contribution is 7.88. The fourth-order valence-corrected chi connectivity index (χ4v) is 2.48. The van der Waals surface area contributed by atoms with Crippen LogP contribution in [0.4, 0.5) is 5.95 Å². The molecule has 0 saturated carbocycles. The molecule has 1 aromatic rings. The number of aryl methyl sites for hydroxylation is 2. The minimum absolute atomic E-state index is 0.477. The van der Waals surface area contributed by atoms with Gasteiger partial charge in [-0.3, -0.25) is 0 Å². The van der Waals surface area contributed by atoms with Gasteiger partial charge in [-0.05, 0) is 20.3 Å². The van der Waals surface area contributed by atoms with Crippen molar-refractivity contribution in [2.45, 2.75) is 27.2 Å². The van der Waals surface area contributed by atoms with Crippen molar-refractivity contribution in [1.82, 2.24) is 19.5 Å². The highest BCUT2D eigenvalue weighted by Crippen LogP contribution is 2.03. The second kappa shape index (κ2) is 6.76. The van der Waals surface area contributed by atoms with E-state index in [1.807, 2.05) is 20.8 Å². The molecule has 1 heterocycles. The lowest BCUT2D eigenvalue weighted by molar-refractivity contribution is 0.428. The van der Waals surface area contributed by atoms with Gasteiger partial charge < -0.3 is 5.32 Å². The Morgan fingerprint density at radius 2 is 1.89 bits per heavy atom. The molecule has 1 aromatic heterocycles. The number of nitrogens with one attached hydrogen (secondary N) is 1. The second-order valence-electron chi connectivity index (χ2n) is 4.34. The first-order valence-corrected chi connectivity index (χ1v) is 8.06. The number of aromatic nitrogens is 3. The zero-order valence-corrected chi connectivity index (χ0v) is 12.7. The van der Waals surface area contributed by atoms with Gasteiger partial charge in [0.25, 0.3) is 0 Å². The van der Waals surface area contributed by atoms with E-state index in [2.05, 4.69) is 20.5 Å². The predicted molar refractivity (Wildman–Crippen MR) is 74.5 cm³/mol. The summed E-state index contributed by atoms with van der Waals surface area (Å²) < 4.78 is 24.2. The Labute approximate surface area is 114 Å². The molecular weight excluding hydrogens is 266 g/mol. The Kier molecular flexibility index (Phi) is 5.61. The summed E-state index contributed by atoms with van der Waals surface area (Å²) in [5, 5.41) is 10.9. The lowest BCUT2D eigenvalue weighted by atomic mass is 10.4. The van der Waals surface area contributed by atoms with Gasteiger partial charge in [0.05, 0.1) is 17.6 Å². The van der Waals surface area contributed by atoms with E-state index in [4.69, 9.17) is 0 Å². The van der Waals surface area contributed by atoms with Gasteiger partial charge >= 0.3 is 0 Å². The average molecular weight is 287 g/mol. The van der Waals surface area contributed by atoms with Gasteiger partial charge in [0.15, 0.2) is 0 Å². The van der Waals surface area contributed by atoms with Crippen LogP contribution in [-0.2, 0) is 10.0 Å². The van der Waals surface area contributed by atoms with Crippen LogP contribution in [-0.4, -0.2) is 53.8 Å². The minimum Gasteiger partial charge on any atom is -0.353 e. The van der Waals surface area contributed by atoms with Crippen molar-refractivity contribution >= 4 is 16.0 Å². The smallest absolute Gasteiger partial charge is 0.242 e. The van der Waals surface area contributed by atoms with Gasteiger partial charge in [0.1, 0.15) is 0 Å². The predicted octanol–water partition coefficient (Wildman–Crippen LogP) is 0.572. The van der Waals surface area contributed by atoms with E-state index < -0.39 is 10.0 Å². The van der Waals surface area contributed by atoms with E-state index in [9.17, 15) is 8.42 Å². The summed E-state index contributed by atoms with van der Waals surface area (Å²) in [6, 6.07) is 0. The summed E-state index contributed by atoms with van der Waals surface area (Å²) in [4.78, 5) is 4.24. The van der Waals surface area contributed by atoms with Crippen LogP contribution in [0.1, 0.15) is 24.7 Å². The molecule has 0 saturated heterocycles. The largest absolute Gasteiger partial charge is 0.353 e. The summed E-state index contributed by atoms with van der Waals surface area (Å²) in [6.45, 7) is 7.13. The second-order valence-corrected chi connectivity index (χ2v) is 6.32. The molecule has 0 aromatic carbocycles. The molecule has 1 rings (SSSR count). The van der Waals surface area contributed by atoms with Crippen molar-refractivity contribution in [3.05, 3.63) is 11.4 Å². The Morgan fingerprint density at radius 1 is 1.21 bits per heavy atom. The Hall–Kier alpha value is -1.28. The number of sulfonamides is 1. The van der Waals surface area contributed by atoms with Crippen molar-refractivity contribution in [3.8, 4) is 0 Å². The topological polar surface area (TPSA) is 88.1 Å². The summed E-state index contributed by atoms with van der Waals surface area (Å²) in [5.74, 6) is 0.477. The molecule has 0 spiro atoms. The average Bonchev–Trinajstić information content (AvgIpc) is 2.32. The standard InChI is InChI=1S/C11H21N5O2S/c1-5-16(19(4,17)18)8-6-7-12-11-13-9(2)10(3)14-15-11/h5-8H2,1-4H3,(H,12,13,15). The normalized spacial score (nSPS) is 11.8. The van der Waals surface area contributed by atoms with Gasteiger partial charge in [-0.15, -0.1) is 5.10 Å². The minimum atomic E-state index is -3.11. The zero-order valence-electron chi connectivity index (χ0n) is 11.8. The van der Waals surface area contributed by atoms with Crippen molar-refractivity contribution < 1.29 is 8.42 Å². The van der Waals surface area contributed by atoms with E-state index in [1.54, 1.807) is 0 Å². The fraction of sp³-hybridized carbons (Fsp3) is 0.727. The number of hydrogen-bond donors (Lipinski definition) is 1. The maximum Gasteiger partial charge on any atom is 0.242 e. The van der Waals surface area contributed by atoms with Crippen molar-refractivity contribution in [2.75, 3.05) is 31.2 Å². The van der Waals surface area contributed by atoms with Crippen LogP contribution in [0.2, 0.25) is 0 Å². The first kappa shape index (κ1) is 15.8. The summed E-state index contributed by atoms with van der Waals surface area (Å²) >= 11 is 0. The number of rotatable bonds is 7. The van der Waals surface area contributed by atoms with E-state index in [-0.39, 0.29) is 0 Å². The highest BCUT2D eigenvalue weighted by atomic mass is 32.2. The Balaban J connectivity index is 2.40. The van der Waals surface area contributed by atoms with E-state index in [0.717, 1.165) is 11.4 Å². The molecule has 108 valence electrons. The van der Waals surface area contributed by atoms with E-state index in [0.29, 0.717) is 32.0 Å². The molecule has 8 heteroatoms. The molecule has 0 fully saturated rings. The molecule has 0 atom stereocenters. The maximum atomic E-state index is 11.4. The lowest BCUT2D eigenvalue weighted by Crippen LogP contribution is -2.31.